The zero-order valence-corrected chi connectivity index (χ0v) is 10.8. The largest absolute Gasteiger partial charge is 0.478 e. The second kappa shape index (κ2) is 5.13. The molecule has 0 aliphatic rings. The van der Waals surface area contributed by atoms with Crippen LogP contribution >= 0.6 is 0 Å². The van der Waals surface area contributed by atoms with E-state index in [0.29, 0.717) is 12.0 Å². The number of pyridine rings is 1. The molecule has 0 saturated carbocycles. The topological polar surface area (TPSA) is 50.2 Å². The summed E-state index contributed by atoms with van der Waals surface area (Å²) in [6, 6.07) is 17.0. The molecular weight excluding hydrogens is 250 g/mol. The van der Waals surface area contributed by atoms with Crippen molar-refractivity contribution in [1.29, 1.82) is 0 Å². The Hall–Kier alpha value is -2.68. The highest BCUT2D eigenvalue weighted by Gasteiger charge is 2.11. The molecule has 1 heterocycles. The van der Waals surface area contributed by atoms with Crippen molar-refractivity contribution >= 4 is 16.7 Å². The molecule has 3 aromatic rings. The molecular formula is C17H13NO2. The molecule has 0 spiro atoms. The summed E-state index contributed by atoms with van der Waals surface area (Å²) < 4.78 is 0. The number of nitrogens with zero attached hydrogens (tertiary/aromatic N) is 1. The van der Waals surface area contributed by atoms with Gasteiger partial charge in [0, 0.05) is 18.0 Å². The second-order valence-electron chi connectivity index (χ2n) is 4.62. The van der Waals surface area contributed by atoms with Gasteiger partial charge in [-0.3, -0.25) is 4.98 Å². The molecule has 0 bridgehead atoms. The maximum absolute atomic E-state index is 11.3. The molecule has 0 aliphatic carbocycles. The first kappa shape index (κ1) is 12.4. The fraction of sp³-hybridized carbons (Fsp3) is 0.0588. The number of hydrogen-bond donors (Lipinski definition) is 1. The zero-order chi connectivity index (χ0) is 13.9. The number of aromatic carboxylic acids is 1. The summed E-state index contributed by atoms with van der Waals surface area (Å²) in [5.74, 6) is -0.902. The Morgan fingerprint density at radius 1 is 1.00 bits per heavy atom. The van der Waals surface area contributed by atoms with Crippen LogP contribution in [-0.2, 0) is 6.42 Å². The minimum absolute atomic E-state index is 0.335. The fourth-order valence-electron chi connectivity index (χ4n) is 2.39. The first-order valence-electron chi connectivity index (χ1n) is 6.39. The summed E-state index contributed by atoms with van der Waals surface area (Å²) in [5, 5.41) is 11.4. The number of carboxylic acids is 1. The number of benzene rings is 2. The smallest absolute Gasteiger partial charge is 0.335 e. The second-order valence-corrected chi connectivity index (χ2v) is 4.62. The molecule has 98 valence electrons. The molecule has 3 rings (SSSR count). The van der Waals surface area contributed by atoms with E-state index in [1.54, 1.807) is 18.3 Å². The van der Waals surface area contributed by atoms with Crippen LogP contribution < -0.4 is 0 Å². The minimum atomic E-state index is -0.902. The van der Waals surface area contributed by atoms with Gasteiger partial charge in [-0.1, -0.05) is 42.5 Å². The summed E-state index contributed by atoms with van der Waals surface area (Å²) in [7, 11) is 0. The molecule has 0 amide bonds. The number of aromatic nitrogens is 1. The average molecular weight is 263 g/mol. The van der Waals surface area contributed by atoms with E-state index in [2.05, 4.69) is 4.98 Å². The van der Waals surface area contributed by atoms with Crippen LogP contribution in [0.15, 0.2) is 60.8 Å². The van der Waals surface area contributed by atoms with Crippen LogP contribution in [0.3, 0.4) is 0 Å². The summed E-state index contributed by atoms with van der Waals surface area (Å²) in [4.78, 5) is 15.7. The van der Waals surface area contributed by atoms with E-state index in [1.165, 1.54) is 0 Å². The summed E-state index contributed by atoms with van der Waals surface area (Å²) >= 11 is 0. The molecule has 3 heteroatoms. The molecule has 1 aromatic heterocycles. The maximum atomic E-state index is 11.3. The Balaban J connectivity index is 2.08. The van der Waals surface area contributed by atoms with E-state index in [4.69, 9.17) is 0 Å². The van der Waals surface area contributed by atoms with Gasteiger partial charge in [-0.25, -0.2) is 4.79 Å². The van der Waals surface area contributed by atoms with E-state index < -0.39 is 5.97 Å². The van der Waals surface area contributed by atoms with Gasteiger partial charge in [0.25, 0.3) is 0 Å². The van der Waals surface area contributed by atoms with Crippen LogP contribution in [0.4, 0.5) is 0 Å². The number of hydrogen-bond acceptors (Lipinski definition) is 2. The van der Waals surface area contributed by atoms with Crippen molar-refractivity contribution in [2.45, 2.75) is 6.42 Å². The standard InChI is InChI=1S/C17H13NO2/c19-17(20)15-8-4-2-6-13(15)11-16-14-7-3-1-5-12(14)9-10-18-16/h1-10H,11H2,(H,19,20). The predicted molar refractivity (Wildman–Crippen MR) is 78.0 cm³/mol. The summed E-state index contributed by atoms with van der Waals surface area (Å²) in [6.45, 7) is 0. The SMILES string of the molecule is O=C(O)c1ccccc1Cc1nccc2ccccc12. The molecule has 0 fully saturated rings. The lowest BCUT2D eigenvalue weighted by Gasteiger charge is -2.08. The molecule has 1 N–H and O–H groups in total. The molecule has 0 aliphatic heterocycles. The van der Waals surface area contributed by atoms with E-state index in [1.807, 2.05) is 42.5 Å². The lowest BCUT2D eigenvalue weighted by molar-refractivity contribution is 0.0696. The first-order valence-corrected chi connectivity index (χ1v) is 6.39. The highest BCUT2D eigenvalue weighted by Crippen LogP contribution is 2.20. The lowest BCUT2D eigenvalue weighted by atomic mass is 10.00. The van der Waals surface area contributed by atoms with Crippen molar-refractivity contribution in [3.63, 3.8) is 0 Å². The van der Waals surface area contributed by atoms with Crippen LogP contribution in [0.2, 0.25) is 0 Å². The highest BCUT2D eigenvalue weighted by atomic mass is 16.4. The van der Waals surface area contributed by atoms with Crippen molar-refractivity contribution in [1.82, 2.24) is 4.98 Å². The molecule has 2 aromatic carbocycles. The molecule has 20 heavy (non-hydrogen) atoms. The molecule has 0 atom stereocenters. The Labute approximate surface area is 116 Å². The van der Waals surface area contributed by atoms with Gasteiger partial charge in [0.1, 0.15) is 0 Å². The predicted octanol–water partition coefficient (Wildman–Crippen LogP) is 3.52. The first-order chi connectivity index (χ1) is 9.75. The van der Waals surface area contributed by atoms with Gasteiger partial charge in [-0.05, 0) is 23.1 Å². The van der Waals surface area contributed by atoms with Crippen molar-refractivity contribution < 1.29 is 9.90 Å². The quantitative estimate of drug-likeness (QED) is 0.786. The third-order valence-electron chi connectivity index (χ3n) is 3.36. The van der Waals surface area contributed by atoms with Gasteiger partial charge in [0.2, 0.25) is 0 Å². The Bertz CT molecular complexity index is 775. The van der Waals surface area contributed by atoms with Crippen molar-refractivity contribution in [2.24, 2.45) is 0 Å². The lowest BCUT2D eigenvalue weighted by Crippen LogP contribution is -2.03. The van der Waals surface area contributed by atoms with Crippen molar-refractivity contribution in [3.05, 3.63) is 77.6 Å². The number of rotatable bonds is 3. The Kier molecular flexibility index (Phi) is 3.17. The van der Waals surface area contributed by atoms with Crippen LogP contribution in [0.5, 0.6) is 0 Å². The average Bonchev–Trinajstić information content (AvgIpc) is 2.48. The number of carbonyl (C=O) groups is 1. The van der Waals surface area contributed by atoms with Gasteiger partial charge in [0.05, 0.1) is 11.3 Å². The molecule has 0 saturated heterocycles. The van der Waals surface area contributed by atoms with Crippen molar-refractivity contribution in [3.8, 4) is 0 Å². The number of carboxylic acid groups (broad SMARTS) is 1. The summed E-state index contributed by atoms with van der Waals surface area (Å²) in [6.07, 6.45) is 2.28. The molecule has 3 nitrogen and oxygen atoms in total. The van der Waals surface area contributed by atoms with Crippen LogP contribution in [0.25, 0.3) is 10.8 Å². The normalized spacial score (nSPS) is 10.6. The Morgan fingerprint density at radius 2 is 1.75 bits per heavy atom. The van der Waals surface area contributed by atoms with Crippen LogP contribution in [0, 0.1) is 0 Å². The van der Waals surface area contributed by atoms with Gasteiger partial charge in [-0.15, -0.1) is 0 Å². The van der Waals surface area contributed by atoms with Gasteiger partial charge < -0.3 is 5.11 Å². The van der Waals surface area contributed by atoms with Crippen molar-refractivity contribution in [2.75, 3.05) is 0 Å². The van der Waals surface area contributed by atoms with Crippen LogP contribution in [0.1, 0.15) is 21.6 Å². The molecule has 0 unspecified atom stereocenters. The van der Waals surface area contributed by atoms with E-state index in [0.717, 1.165) is 22.0 Å². The third-order valence-corrected chi connectivity index (χ3v) is 3.36. The maximum Gasteiger partial charge on any atom is 0.335 e. The minimum Gasteiger partial charge on any atom is -0.478 e. The van der Waals surface area contributed by atoms with Gasteiger partial charge in [0.15, 0.2) is 0 Å². The monoisotopic (exact) mass is 263 g/mol. The third kappa shape index (κ3) is 2.26. The molecule has 0 radical (unpaired) electrons. The fourth-order valence-corrected chi connectivity index (χ4v) is 2.39. The van der Waals surface area contributed by atoms with E-state index in [9.17, 15) is 9.90 Å². The van der Waals surface area contributed by atoms with E-state index >= 15 is 0 Å². The van der Waals surface area contributed by atoms with E-state index in [-0.39, 0.29) is 0 Å². The van der Waals surface area contributed by atoms with Gasteiger partial charge in [-0.2, -0.15) is 0 Å². The Morgan fingerprint density at radius 3 is 2.60 bits per heavy atom. The van der Waals surface area contributed by atoms with Gasteiger partial charge >= 0.3 is 5.97 Å². The highest BCUT2D eigenvalue weighted by molar-refractivity contribution is 5.90. The number of fused-ring (bicyclic) bond motifs is 1. The zero-order valence-electron chi connectivity index (χ0n) is 10.8. The van der Waals surface area contributed by atoms with Crippen LogP contribution in [-0.4, -0.2) is 16.1 Å². The summed E-state index contributed by atoms with van der Waals surface area (Å²) in [5.41, 5.74) is 2.02.